The molecule has 1 saturated heterocycles. The molecule has 120 valence electrons. The summed E-state index contributed by atoms with van der Waals surface area (Å²) in [6.07, 6.45) is 1.60. The van der Waals surface area contributed by atoms with Gasteiger partial charge in [-0.05, 0) is 17.7 Å². The van der Waals surface area contributed by atoms with Crippen molar-refractivity contribution in [2.75, 3.05) is 29.9 Å². The highest BCUT2D eigenvalue weighted by atomic mass is 35.5. The lowest BCUT2D eigenvalue weighted by Crippen LogP contribution is -2.41. The third-order valence-electron chi connectivity index (χ3n) is 3.80. The van der Waals surface area contributed by atoms with Crippen molar-refractivity contribution in [1.29, 1.82) is 0 Å². The lowest BCUT2D eigenvalue weighted by molar-refractivity contribution is -0.117. The molecule has 0 spiro atoms. The van der Waals surface area contributed by atoms with Gasteiger partial charge in [0.1, 0.15) is 0 Å². The second-order valence-corrected chi connectivity index (χ2v) is 6.87. The van der Waals surface area contributed by atoms with Crippen LogP contribution in [0.1, 0.15) is 11.6 Å². The minimum Gasteiger partial charge on any atom is -0.322 e. The summed E-state index contributed by atoms with van der Waals surface area (Å²) in [7, 11) is 0. The van der Waals surface area contributed by atoms with Gasteiger partial charge in [-0.2, -0.15) is 11.8 Å². The number of anilines is 1. The second-order valence-electron chi connectivity index (χ2n) is 5.36. The first-order valence-electron chi connectivity index (χ1n) is 7.51. The summed E-state index contributed by atoms with van der Waals surface area (Å²) in [5.41, 5.74) is 1.81. The van der Waals surface area contributed by atoms with Crippen molar-refractivity contribution < 1.29 is 4.79 Å². The van der Waals surface area contributed by atoms with E-state index in [2.05, 4.69) is 27.3 Å². The Kier molecular flexibility index (Phi) is 5.54. The largest absolute Gasteiger partial charge is 0.322 e. The van der Waals surface area contributed by atoms with Crippen molar-refractivity contribution in [3.8, 4) is 0 Å². The maximum absolute atomic E-state index is 12.4. The molecule has 1 amide bonds. The first-order valence-corrected chi connectivity index (χ1v) is 9.04. The van der Waals surface area contributed by atoms with Gasteiger partial charge in [-0.15, -0.1) is 0 Å². The van der Waals surface area contributed by atoms with Crippen molar-refractivity contribution in [1.82, 2.24) is 9.88 Å². The number of hydrogen-bond donors (Lipinski definition) is 1. The van der Waals surface area contributed by atoms with Crippen LogP contribution in [0.2, 0.25) is 5.15 Å². The molecule has 6 heteroatoms. The Morgan fingerprint density at radius 2 is 2.13 bits per heavy atom. The minimum atomic E-state index is -0.0623. The summed E-state index contributed by atoms with van der Waals surface area (Å²) in [6, 6.07) is 14.1. The van der Waals surface area contributed by atoms with E-state index >= 15 is 0 Å². The third-order valence-corrected chi connectivity index (χ3v) is 5.13. The fraction of sp³-hybridized carbons (Fsp3) is 0.294. The molecular formula is C17H18ClN3OS. The van der Waals surface area contributed by atoms with Crippen LogP contribution < -0.4 is 5.32 Å². The highest BCUT2D eigenvalue weighted by Gasteiger charge is 2.26. The molecule has 23 heavy (non-hydrogen) atoms. The Hall–Kier alpha value is -1.56. The zero-order valence-electron chi connectivity index (χ0n) is 12.6. The summed E-state index contributed by atoms with van der Waals surface area (Å²) in [6.45, 7) is 1.25. The van der Waals surface area contributed by atoms with Gasteiger partial charge in [-0.3, -0.25) is 9.69 Å². The lowest BCUT2D eigenvalue weighted by atomic mass is 10.1. The van der Waals surface area contributed by atoms with Crippen LogP contribution in [0.4, 0.5) is 5.69 Å². The quantitative estimate of drug-likeness (QED) is 0.860. The van der Waals surface area contributed by atoms with E-state index in [0.717, 1.165) is 18.1 Å². The van der Waals surface area contributed by atoms with E-state index in [0.29, 0.717) is 17.4 Å². The van der Waals surface area contributed by atoms with E-state index in [1.54, 1.807) is 18.3 Å². The van der Waals surface area contributed by atoms with Crippen molar-refractivity contribution in [3.05, 3.63) is 59.4 Å². The van der Waals surface area contributed by atoms with Gasteiger partial charge in [0.2, 0.25) is 5.91 Å². The fourth-order valence-electron chi connectivity index (χ4n) is 2.66. The number of amides is 1. The summed E-state index contributed by atoms with van der Waals surface area (Å²) < 4.78 is 0. The molecule has 2 aromatic rings. The fourth-order valence-corrected chi connectivity index (χ4v) is 3.99. The summed E-state index contributed by atoms with van der Waals surface area (Å²) >= 11 is 7.92. The Morgan fingerprint density at radius 1 is 1.30 bits per heavy atom. The Balaban J connectivity index is 1.67. The Morgan fingerprint density at radius 3 is 2.91 bits per heavy atom. The number of hydrogen-bond acceptors (Lipinski definition) is 4. The molecule has 2 heterocycles. The van der Waals surface area contributed by atoms with E-state index in [4.69, 9.17) is 11.6 Å². The summed E-state index contributed by atoms with van der Waals surface area (Å²) in [4.78, 5) is 18.6. The number of carbonyl (C=O) groups excluding carboxylic acids is 1. The minimum absolute atomic E-state index is 0.0623. The zero-order valence-corrected chi connectivity index (χ0v) is 14.2. The zero-order chi connectivity index (χ0) is 16.1. The number of thioether (sulfide) groups is 1. The molecule has 1 N–H and O–H groups in total. The van der Waals surface area contributed by atoms with E-state index in [-0.39, 0.29) is 11.9 Å². The molecule has 0 aliphatic carbocycles. The molecule has 4 nitrogen and oxygen atoms in total. The predicted octanol–water partition coefficient (Wildman–Crippen LogP) is 3.46. The number of rotatable bonds is 4. The van der Waals surface area contributed by atoms with Crippen LogP contribution >= 0.6 is 23.4 Å². The standard InChI is InChI=1S/C17H18ClN3OS/c18-17-14(7-4-8-19-17)20-16(22)11-21-9-10-23-12-15(21)13-5-2-1-3-6-13/h1-8,15H,9-12H2,(H,20,22)/t15-/m0/s1. The van der Waals surface area contributed by atoms with Crippen molar-refractivity contribution >= 4 is 35.0 Å². The molecule has 0 bridgehead atoms. The van der Waals surface area contributed by atoms with Crippen LogP contribution in [0.5, 0.6) is 0 Å². The molecule has 0 saturated carbocycles. The molecule has 3 rings (SSSR count). The molecule has 1 fully saturated rings. The van der Waals surface area contributed by atoms with E-state index in [1.165, 1.54) is 5.56 Å². The molecule has 1 aliphatic heterocycles. The molecule has 1 aromatic carbocycles. The van der Waals surface area contributed by atoms with Crippen molar-refractivity contribution in [2.45, 2.75) is 6.04 Å². The number of benzene rings is 1. The first kappa shape index (κ1) is 16.3. The van der Waals surface area contributed by atoms with E-state index in [9.17, 15) is 4.79 Å². The van der Waals surface area contributed by atoms with Gasteiger partial charge < -0.3 is 5.32 Å². The molecule has 1 aromatic heterocycles. The predicted molar refractivity (Wildman–Crippen MR) is 96.0 cm³/mol. The van der Waals surface area contributed by atoms with Gasteiger partial charge in [-0.1, -0.05) is 41.9 Å². The number of carbonyl (C=O) groups is 1. The van der Waals surface area contributed by atoms with Crippen molar-refractivity contribution in [3.63, 3.8) is 0 Å². The topological polar surface area (TPSA) is 45.2 Å². The Bertz CT molecular complexity index is 668. The smallest absolute Gasteiger partial charge is 0.238 e. The molecule has 0 unspecified atom stereocenters. The van der Waals surface area contributed by atoms with Crippen LogP contribution in [0, 0.1) is 0 Å². The maximum Gasteiger partial charge on any atom is 0.238 e. The van der Waals surface area contributed by atoms with Crippen LogP contribution in [-0.4, -0.2) is 40.4 Å². The highest BCUT2D eigenvalue weighted by molar-refractivity contribution is 7.99. The van der Waals surface area contributed by atoms with Gasteiger partial charge in [0.25, 0.3) is 0 Å². The van der Waals surface area contributed by atoms with Gasteiger partial charge >= 0.3 is 0 Å². The number of pyridine rings is 1. The normalized spacial score (nSPS) is 18.6. The van der Waals surface area contributed by atoms with Crippen LogP contribution in [0.25, 0.3) is 0 Å². The average Bonchev–Trinajstić information content (AvgIpc) is 2.58. The number of halogens is 1. The molecule has 1 atom stereocenters. The SMILES string of the molecule is O=C(CN1CCSC[C@H]1c1ccccc1)Nc1cccnc1Cl. The summed E-state index contributed by atoms with van der Waals surface area (Å²) in [5, 5.41) is 3.16. The molecule has 1 aliphatic rings. The van der Waals surface area contributed by atoms with Gasteiger partial charge in [0.15, 0.2) is 5.15 Å². The Labute approximate surface area is 145 Å². The monoisotopic (exact) mass is 347 g/mol. The van der Waals surface area contributed by atoms with E-state index in [1.807, 2.05) is 30.0 Å². The second kappa shape index (κ2) is 7.81. The number of nitrogens with zero attached hydrogens (tertiary/aromatic N) is 2. The van der Waals surface area contributed by atoms with Crippen LogP contribution in [-0.2, 0) is 4.79 Å². The number of aromatic nitrogens is 1. The first-order chi connectivity index (χ1) is 11.2. The van der Waals surface area contributed by atoms with Crippen molar-refractivity contribution in [2.24, 2.45) is 0 Å². The van der Waals surface area contributed by atoms with Gasteiger partial charge in [0.05, 0.1) is 12.2 Å². The van der Waals surface area contributed by atoms with Gasteiger partial charge in [0, 0.05) is 30.3 Å². The van der Waals surface area contributed by atoms with Crippen LogP contribution in [0.15, 0.2) is 48.7 Å². The van der Waals surface area contributed by atoms with Gasteiger partial charge in [-0.25, -0.2) is 4.98 Å². The lowest BCUT2D eigenvalue weighted by Gasteiger charge is -2.35. The third kappa shape index (κ3) is 4.25. The highest BCUT2D eigenvalue weighted by Crippen LogP contribution is 2.29. The van der Waals surface area contributed by atoms with E-state index < -0.39 is 0 Å². The molecular weight excluding hydrogens is 330 g/mol. The number of nitrogens with one attached hydrogen (secondary N) is 1. The average molecular weight is 348 g/mol. The summed E-state index contributed by atoms with van der Waals surface area (Å²) in [5.74, 6) is 1.99. The van der Waals surface area contributed by atoms with Crippen LogP contribution in [0.3, 0.4) is 0 Å². The molecule has 0 radical (unpaired) electrons. The maximum atomic E-state index is 12.4.